The molecule has 1 N–H and O–H groups in total. The predicted octanol–water partition coefficient (Wildman–Crippen LogP) is 1.34. The number of likely N-dealkylation sites (N-methyl/N-ethyl adjacent to an activating group) is 1. The Bertz CT molecular complexity index is 357. The van der Waals surface area contributed by atoms with Crippen LogP contribution in [0, 0.1) is 0 Å². The van der Waals surface area contributed by atoms with Gasteiger partial charge in [-0.15, -0.1) is 0 Å². The Morgan fingerprint density at radius 1 is 1.59 bits per heavy atom. The van der Waals surface area contributed by atoms with Crippen LogP contribution in [0.3, 0.4) is 0 Å². The van der Waals surface area contributed by atoms with Crippen LogP contribution in [-0.2, 0) is 16.0 Å². The van der Waals surface area contributed by atoms with Gasteiger partial charge in [-0.3, -0.25) is 4.79 Å². The maximum absolute atomic E-state index is 11.5. The van der Waals surface area contributed by atoms with Crippen LogP contribution >= 0.6 is 23.3 Å². The molecule has 0 saturated carbocycles. The highest BCUT2D eigenvalue weighted by Crippen LogP contribution is 2.21. The number of ether oxygens (including phenoxy) is 1. The molecular weight excluding hydrogens is 258 g/mol. The molecule has 0 radical (unpaired) electrons. The van der Waals surface area contributed by atoms with Gasteiger partial charge in [0.15, 0.2) is 4.34 Å². The number of esters is 1. The Morgan fingerprint density at radius 3 is 2.88 bits per heavy atom. The van der Waals surface area contributed by atoms with Crippen LogP contribution in [0.15, 0.2) is 4.34 Å². The largest absolute Gasteiger partial charge is 0.468 e. The maximum atomic E-state index is 11.5. The van der Waals surface area contributed by atoms with Gasteiger partial charge in [0.25, 0.3) is 0 Å². The van der Waals surface area contributed by atoms with Gasteiger partial charge in [0.2, 0.25) is 0 Å². The Morgan fingerprint density at radius 2 is 2.35 bits per heavy atom. The fourth-order valence-corrected chi connectivity index (χ4v) is 2.95. The van der Waals surface area contributed by atoms with Crippen molar-refractivity contribution in [3.8, 4) is 0 Å². The van der Waals surface area contributed by atoms with Crippen LogP contribution in [0.25, 0.3) is 0 Å². The first-order chi connectivity index (χ1) is 8.21. The van der Waals surface area contributed by atoms with Gasteiger partial charge < -0.3 is 10.1 Å². The summed E-state index contributed by atoms with van der Waals surface area (Å²) in [6, 6.07) is -0.288. The topological polar surface area (TPSA) is 64.1 Å². The van der Waals surface area contributed by atoms with E-state index in [0.717, 1.165) is 23.1 Å². The minimum Gasteiger partial charge on any atom is -0.468 e. The van der Waals surface area contributed by atoms with Crippen molar-refractivity contribution in [2.24, 2.45) is 0 Å². The third-order valence-corrected chi connectivity index (χ3v) is 4.04. The SMILES string of the molecule is CCNC(CSc1nc(CC)ns1)C(=O)OC. The van der Waals surface area contributed by atoms with Crippen molar-refractivity contribution in [2.45, 2.75) is 30.6 Å². The Labute approximate surface area is 110 Å². The van der Waals surface area contributed by atoms with E-state index in [1.165, 1.54) is 30.4 Å². The lowest BCUT2D eigenvalue weighted by Gasteiger charge is -2.13. The Kier molecular flexibility index (Phi) is 6.46. The number of thioether (sulfide) groups is 1. The predicted molar refractivity (Wildman–Crippen MR) is 69.5 cm³/mol. The molecule has 0 amide bonds. The van der Waals surface area contributed by atoms with Gasteiger partial charge in [0.05, 0.1) is 7.11 Å². The number of aromatic nitrogens is 2. The number of carbonyl (C=O) groups excluding carboxylic acids is 1. The van der Waals surface area contributed by atoms with Crippen molar-refractivity contribution in [3.05, 3.63) is 5.82 Å². The molecular formula is C10H17N3O2S2. The first-order valence-corrected chi connectivity index (χ1v) is 7.23. The van der Waals surface area contributed by atoms with Gasteiger partial charge in [0.1, 0.15) is 11.9 Å². The second-order valence-corrected chi connectivity index (χ2v) is 5.29. The van der Waals surface area contributed by atoms with E-state index in [2.05, 4.69) is 14.7 Å². The van der Waals surface area contributed by atoms with E-state index in [1.807, 2.05) is 13.8 Å². The van der Waals surface area contributed by atoms with Crippen molar-refractivity contribution < 1.29 is 9.53 Å². The molecule has 0 saturated heterocycles. The third-order valence-electron chi connectivity index (χ3n) is 2.08. The quantitative estimate of drug-likeness (QED) is 0.598. The number of hydrogen-bond donors (Lipinski definition) is 1. The third kappa shape index (κ3) is 4.61. The molecule has 1 unspecified atom stereocenters. The maximum Gasteiger partial charge on any atom is 0.323 e. The number of hydrogen-bond acceptors (Lipinski definition) is 7. The van der Waals surface area contributed by atoms with Crippen LogP contribution in [0.4, 0.5) is 0 Å². The molecule has 7 heteroatoms. The zero-order valence-electron chi connectivity index (χ0n) is 10.2. The van der Waals surface area contributed by atoms with E-state index in [9.17, 15) is 4.79 Å². The minimum absolute atomic E-state index is 0.236. The molecule has 1 aromatic rings. The molecule has 0 aliphatic rings. The molecule has 1 rings (SSSR count). The lowest BCUT2D eigenvalue weighted by molar-refractivity contribution is -0.142. The molecule has 0 bridgehead atoms. The smallest absolute Gasteiger partial charge is 0.323 e. The van der Waals surface area contributed by atoms with Crippen LogP contribution < -0.4 is 5.32 Å². The average Bonchev–Trinajstić information content (AvgIpc) is 2.81. The van der Waals surface area contributed by atoms with Crippen LogP contribution in [0.2, 0.25) is 0 Å². The molecule has 17 heavy (non-hydrogen) atoms. The van der Waals surface area contributed by atoms with Crippen LogP contribution in [0.5, 0.6) is 0 Å². The summed E-state index contributed by atoms with van der Waals surface area (Å²) in [4.78, 5) is 15.8. The van der Waals surface area contributed by atoms with Crippen molar-refractivity contribution in [1.29, 1.82) is 0 Å². The molecule has 0 aromatic carbocycles. The zero-order valence-corrected chi connectivity index (χ0v) is 11.9. The number of carbonyl (C=O) groups is 1. The molecule has 0 aliphatic carbocycles. The Hall–Kier alpha value is -0.660. The summed E-state index contributed by atoms with van der Waals surface area (Å²) in [7, 11) is 1.40. The summed E-state index contributed by atoms with van der Waals surface area (Å²) >= 11 is 2.91. The summed E-state index contributed by atoms with van der Waals surface area (Å²) in [5.74, 6) is 1.23. The Balaban J connectivity index is 2.48. The van der Waals surface area contributed by atoms with E-state index in [0.29, 0.717) is 5.75 Å². The number of aryl methyl sites for hydroxylation is 1. The molecule has 1 atom stereocenters. The van der Waals surface area contributed by atoms with Gasteiger partial charge >= 0.3 is 5.97 Å². The molecule has 0 spiro atoms. The summed E-state index contributed by atoms with van der Waals surface area (Å²) < 4.78 is 9.83. The standard InChI is InChI=1S/C10H17N3O2S2/c1-4-8-12-10(17-13-8)16-6-7(11-5-2)9(14)15-3/h7,11H,4-6H2,1-3H3. The molecule has 1 aromatic heterocycles. The summed E-state index contributed by atoms with van der Waals surface area (Å²) in [6.45, 7) is 4.71. The number of methoxy groups -OCH3 is 1. The summed E-state index contributed by atoms with van der Waals surface area (Å²) in [5, 5.41) is 3.09. The van der Waals surface area contributed by atoms with Crippen molar-refractivity contribution in [2.75, 3.05) is 19.4 Å². The molecule has 96 valence electrons. The van der Waals surface area contributed by atoms with Crippen LogP contribution in [0.1, 0.15) is 19.7 Å². The van der Waals surface area contributed by atoms with Crippen molar-refractivity contribution in [3.63, 3.8) is 0 Å². The first-order valence-electron chi connectivity index (χ1n) is 5.47. The van der Waals surface area contributed by atoms with Crippen molar-refractivity contribution >= 4 is 29.3 Å². The fraction of sp³-hybridized carbons (Fsp3) is 0.700. The average molecular weight is 275 g/mol. The van der Waals surface area contributed by atoms with E-state index >= 15 is 0 Å². The van der Waals surface area contributed by atoms with Gasteiger partial charge in [-0.25, -0.2) is 4.98 Å². The molecule has 0 fully saturated rings. The molecule has 5 nitrogen and oxygen atoms in total. The van der Waals surface area contributed by atoms with Gasteiger partial charge in [-0.2, -0.15) is 4.37 Å². The first kappa shape index (κ1) is 14.4. The highest BCUT2D eigenvalue weighted by atomic mass is 32.2. The lowest BCUT2D eigenvalue weighted by atomic mass is 10.3. The minimum atomic E-state index is -0.288. The van der Waals surface area contributed by atoms with Gasteiger partial charge in [-0.05, 0) is 18.1 Å². The van der Waals surface area contributed by atoms with E-state index in [4.69, 9.17) is 4.74 Å². The summed E-state index contributed by atoms with van der Waals surface area (Å²) in [6.07, 6.45) is 0.838. The van der Waals surface area contributed by atoms with Crippen LogP contribution in [-0.4, -0.2) is 40.8 Å². The van der Waals surface area contributed by atoms with E-state index in [1.54, 1.807) is 0 Å². The van der Waals surface area contributed by atoms with Gasteiger partial charge in [0, 0.05) is 12.2 Å². The van der Waals surface area contributed by atoms with E-state index < -0.39 is 0 Å². The van der Waals surface area contributed by atoms with Gasteiger partial charge in [-0.1, -0.05) is 25.6 Å². The van der Waals surface area contributed by atoms with Crippen molar-refractivity contribution in [1.82, 2.24) is 14.7 Å². The number of nitrogens with zero attached hydrogens (tertiary/aromatic N) is 2. The number of rotatable bonds is 7. The second kappa shape index (κ2) is 7.62. The highest BCUT2D eigenvalue weighted by Gasteiger charge is 2.18. The zero-order chi connectivity index (χ0) is 12.7. The molecule has 0 aliphatic heterocycles. The van der Waals surface area contributed by atoms with E-state index in [-0.39, 0.29) is 12.0 Å². The number of nitrogens with one attached hydrogen (secondary N) is 1. The fourth-order valence-electron chi connectivity index (χ4n) is 1.19. The molecule has 1 heterocycles. The monoisotopic (exact) mass is 275 g/mol. The highest BCUT2D eigenvalue weighted by molar-refractivity contribution is 8.01. The normalized spacial score (nSPS) is 12.4. The summed E-state index contributed by atoms with van der Waals surface area (Å²) in [5.41, 5.74) is 0. The lowest BCUT2D eigenvalue weighted by Crippen LogP contribution is -2.39. The second-order valence-electron chi connectivity index (χ2n) is 3.27.